The molecule has 1 N–H and O–H groups in total. The third kappa shape index (κ3) is 3.35. The van der Waals surface area contributed by atoms with Gasteiger partial charge >= 0.3 is 11.9 Å². The van der Waals surface area contributed by atoms with E-state index in [2.05, 4.69) is 6.58 Å². The fourth-order valence-corrected chi connectivity index (χ4v) is 3.91. The number of hydrogen-bond donors (Lipinski definition) is 1. The average molecular weight is 362 g/mol. The molecule has 2 fully saturated rings. The van der Waals surface area contributed by atoms with Gasteiger partial charge < -0.3 is 19.3 Å². The molecule has 0 radical (unpaired) electrons. The molecular formula is C20H26O6. The lowest BCUT2D eigenvalue weighted by molar-refractivity contribution is -0.148. The van der Waals surface area contributed by atoms with Crippen molar-refractivity contribution >= 4 is 11.9 Å². The smallest absolute Gasteiger partial charge is 0.334 e. The van der Waals surface area contributed by atoms with Crippen LogP contribution in [0.2, 0.25) is 0 Å². The first-order valence-electron chi connectivity index (χ1n) is 8.93. The lowest BCUT2D eigenvalue weighted by Crippen LogP contribution is -2.39. The Kier molecular flexibility index (Phi) is 4.84. The third-order valence-electron chi connectivity index (χ3n) is 5.53. The molecule has 0 spiro atoms. The fourth-order valence-electron chi connectivity index (χ4n) is 3.91. The summed E-state index contributed by atoms with van der Waals surface area (Å²) in [4.78, 5) is 24.5. The summed E-state index contributed by atoms with van der Waals surface area (Å²) in [5, 5.41) is 10.3. The van der Waals surface area contributed by atoms with E-state index in [-0.39, 0.29) is 6.10 Å². The molecule has 0 aromatic rings. The topological polar surface area (TPSA) is 85.4 Å². The summed E-state index contributed by atoms with van der Waals surface area (Å²) in [5.41, 5.74) is 1.10. The minimum Gasteiger partial charge on any atom is -0.458 e. The highest BCUT2D eigenvalue weighted by Crippen LogP contribution is 2.50. The van der Waals surface area contributed by atoms with Crippen LogP contribution in [0.15, 0.2) is 35.5 Å². The Bertz CT molecular complexity index is 705. The second-order valence-electron chi connectivity index (χ2n) is 7.68. The van der Waals surface area contributed by atoms with Crippen LogP contribution in [0.25, 0.3) is 0 Å². The van der Waals surface area contributed by atoms with E-state index in [1.165, 1.54) is 0 Å². The Labute approximate surface area is 153 Å². The highest BCUT2D eigenvalue weighted by Gasteiger charge is 2.64. The zero-order valence-electron chi connectivity index (χ0n) is 15.7. The zero-order valence-corrected chi connectivity index (χ0v) is 15.7. The third-order valence-corrected chi connectivity index (χ3v) is 5.53. The largest absolute Gasteiger partial charge is 0.458 e. The molecule has 0 bridgehead atoms. The number of rotatable bonds is 2. The summed E-state index contributed by atoms with van der Waals surface area (Å²) in [6.07, 6.45) is 2.05. The summed E-state index contributed by atoms with van der Waals surface area (Å²) in [6.45, 7) is 11.1. The standard InChI is InChI=1S/C20H26O6/c1-6-11(3)18(22)24-14-8-10(2)7-13(21)9-20(5)17(26-20)16-15(14)12(4)19(23)25-16/h6-7,13-17,21H,4,8-9H2,1-3,5H3/b10-7+,11-6-/t13-,14-,15-,16+,17+,20-/m1/s1. The van der Waals surface area contributed by atoms with Gasteiger partial charge in [-0.3, -0.25) is 0 Å². The van der Waals surface area contributed by atoms with Crippen LogP contribution < -0.4 is 0 Å². The van der Waals surface area contributed by atoms with Crippen molar-refractivity contribution in [2.45, 2.75) is 70.6 Å². The number of aliphatic hydroxyl groups is 1. The van der Waals surface area contributed by atoms with Crippen LogP contribution >= 0.6 is 0 Å². The Morgan fingerprint density at radius 2 is 2.19 bits per heavy atom. The quantitative estimate of drug-likeness (QED) is 0.351. The molecule has 0 aromatic heterocycles. The Balaban J connectivity index is 1.97. The number of carbonyl (C=O) groups is 2. The van der Waals surface area contributed by atoms with Crippen molar-refractivity contribution in [1.82, 2.24) is 0 Å². The number of allylic oxidation sites excluding steroid dienone is 1. The molecule has 142 valence electrons. The minimum absolute atomic E-state index is 0.303. The van der Waals surface area contributed by atoms with E-state index in [0.29, 0.717) is 24.0 Å². The average Bonchev–Trinajstić information content (AvgIpc) is 3.12. The van der Waals surface area contributed by atoms with Crippen LogP contribution in [0, 0.1) is 5.92 Å². The Morgan fingerprint density at radius 1 is 1.50 bits per heavy atom. The van der Waals surface area contributed by atoms with E-state index in [0.717, 1.165) is 5.57 Å². The van der Waals surface area contributed by atoms with E-state index in [1.54, 1.807) is 26.0 Å². The van der Waals surface area contributed by atoms with Gasteiger partial charge in [-0.2, -0.15) is 0 Å². The number of carbonyl (C=O) groups excluding carboxylic acids is 2. The predicted octanol–water partition coefficient (Wildman–Crippen LogP) is 2.22. The van der Waals surface area contributed by atoms with E-state index < -0.39 is 41.8 Å². The normalized spacial score (nSPS) is 42.1. The van der Waals surface area contributed by atoms with Gasteiger partial charge in [-0.05, 0) is 27.7 Å². The van der Waals surface area contributed by atoms with Crippen LogP contribution in [-0.2, 0) is 23.8 Å². The van der Waals surface area contributed by atoms with Gasteiger partial charge in [0.1, 0.15) is 18.3 Å². The number of aliphatic hydroxyl groups excluding tert-OH is 1. The predicted molar refractivity (Wildman–Crippen MR) is 94.1 cm³/mol. The second-order valence-corrected chi connectivity index (χ2v) is 7.68. The summed E-state index contributed by atoms with van der Waals surface area (Å²) in [7, 11) is 0. The fraction of sp³-hybridized carbons (Fsp3) is 0.600. The maximum absolute atomic E-state index is 12.4. The van der Waals surface area contributed by atoms with E-state index in [4.69, 9.17) is 14.2 Å². The van der Waals surface area contributed by atoms with Crippen molar-refractivity contribution in [2.24, 2.45) is 5.92 Å². The first-order valence-corrected chi connectivity index (χ1v) is 8.93. The van der Waals surface area contributed by atoms with Gasteiger partial charge in [-0.1, -0.05) is 24.3 Å². The van der Waals surface area contributed by atoms with E-state index in [1.807, 2.05) is 13.8 Å². The van der Waals surface area contributed by atoms with Crippen LogP contribution in [0.4, 0.5) is 0 Å². The van der Waals surface area contributed by atoms with Gasteiger partial charge in [-0.25, -0.2) is 9.59 Å². The molecule has 2 heterocycles. The molecule has 0 unspecified atom stereocenters. The minimum atomic E-state index is -0.671. The van der Waals surface area contributed by atoms with Crippen molar-refractivity contribution in [3.63, 3.8) is 0 Å². The molecule has 3 rings (SSSR count). The number of hydrogen-bond acceptors (Lipinski definition) is 6. The molecule has 0 amide bonds. The van der Waals surface area contributed by atoms with Gasteiger partial charge in [0.25, 0.3) is 0 Å². The molecule has 26 heavy (non-hydrogen) atoms. The molecule has 6 atom stereocenters. The van der Waals surface area contributed by atoms with E-state index >= 15 is 0 Å². The summed E-state index contributed by atoms with van der Waals surface area (Å²) >= 11 is 0. The SMILES string of the molecule is C=C1C(=O)O[C@H]2[C@H]1[C@H](OC(=O)/C(C)=C\C)C/C(C)=C/[C@@H](O)C[C@@]1(C)O[C@@H]21. The second kappa shape index (κ2) is 6.67. The highest BCUT2D eigenvalue weighted by atomic mass is 16.6. The monoisotopic (exact) mass is 362 g/mol. The van der Waals surface area contributed by atoms with Crippen molar-refractivity contribution in [3.8, 4) is 0 Å². The van der Waals surface area contributed by atoms with Gasteiger partial charge in [0.15, 0.2) is 0 Å². The molecule has 0 aromatic carbocycles. The van der Waals surface area contributed by atoms with Crippen LogP contribution in [0.3, 0.4) is 0 Å². The zero-order chi connectivity index (χ0) is 19.2. The van der Waals surface area contributed by atoms with Gasteiger partial charge in [0.05, 0.1) is 17.6 Å². The molecule has 2 aliphatic heterocycles. The molecule has 3 aliphatic rings. The number of esters is 2. The summed E-state index contributed by atoms with van der Waals surface area (Å²) < 4.78 is 17.1. The first kappa shape index (κ1) is 18.9. The number of epoxide rings is 1. The van der Waals surface area contributed by atoms with Gasteiger partial charge in [-0.15, -0.1) is 0 Å². The summed E-state index contributed by atoms with van der Waals surface area (Å²) in [6, 6.07) is 0. The van der Waals surface area contributed by atoms with Gasteiger partial charge in [0, 0.05) is 24.0 Å². The van der Waals surface area contributed by atoms with Crippen molar-refractivity contribution in [1.29, 1.82) is 0 Å². The molecule has 1 aliphatic carbocycles. The number of ether oxygens (including phenoxy) is 3. The van der Waals surface area contributed by atoms with Crippen LogP contribution in [-0.4, -0.2) is 47.1 Å². The van der Waals surface area contributed by atoms with Crippen LogP contribution in [0.5, 0.6) is 0 Å². The van der Waals surface area contributed by atoms with E-state index in [9.17, 15) is 14.7 Å². The van der Waals surface area contributed by atoms with Crippen molar-refractivity contribution in [2.75, 3.05) is 0 Å². The summed E-state index contributed by atoms with van der Waals surface area (Å²) in [5.74, 6) is -1.39. The molecule has 6 heteroatoms. The number of fused-ring (bicyclic) bond motifs is 3. The first-order chi connectivity index (χ1) is 12.2. The van der Waals surface area contributed by atoms with Crippen LogP contribution in [0.1, 0.15) is 40.5 Å². The molecular weight excluding hydrogens is 336 g/mol. The molecule has 0 saturated carbocycles. The Hall–Kier alpha value is -1.92. The van der Waals surface area contributed by atoms with Crippen molar-refractivity contribution < 1.29 is 28.9 Å². The van der Waals surface area contributed by atoms with Crippen molar-refractivity contribution in [3.05, 3.63) is 35.5 Å². The maximum atomic E-state index is 12.4. The Morgan fingerprint density at radius 3 is 2.85 bits per heavy atom. The lowest BCUT2D eigenvalue weighted by Gasteiger charge is -2.28. The molecule has 6 nitrogen and oxygen atoms in total. The maximum Gasteiger partial charge on any atom is 0.334 e. The highest BCUT2D eigenvalue weighted by molar-refractivity contribution is 5.91. The molecule has 2 saturated heterocycles. The lowest BCUT2D eigenvalue weighted by atomic mass is 9.81. The van der Waals surface area contributed by atoms with Gasteiger partial charge in [0.2, 0.25) is 0 Å².